The summed E-state index contributed by atoms with van der Waals surface area (Å²) in [4.78, 5) is 0. The third kappa shape index (κ3) is 4.71. The van der Waals surface area contributed by atoms with Crippen LogP contribution < -0.4 is 0 Å². The van der Waals surface area contributed by atoms with Crippen molar-refractivity contribution in [2.24, 2.45) is 0 Å². The monoisotopic (exact) mass is 422 g/mol. The van der Waals surface area contributed by atoms with Crippen molar-refractivity contribution < 1.29 is 0 Å². The van der Waals surface area contributed by atoms with Crippen LogP contribution in [-0.4, -0.2) is 0 Å². The zero-order chi connectivity index (χ0) is 22.6. The molecule has 0 fully saturated rings. The van der Waals surface area contributed by atoms with Gasteiger partial charge in [0.1, 0.15) is 0 Å². The second kappa shape index (κ2) is 9.14. The van der Waals surface area contributed by atoms with Gasteiger partial charge < -0.3 is 0 Å². The van der Waals surface area contributed by atoms with E-state index in [0.717, 1.165) is 11.1 Å². The van der Waals surface area contributed by atoms with Crippen molar-refractivity contribution in [2.75, 3.05) is 0 Å². The van der Waals surface area contributed by atoms with Gasteiger partial charge in [-0.3, -0.25) is 0 Å². The van der Waals surface area contributed by atoms with Crippen LogP contribution in [0.1, 0.15) is 16.7 Å². The Labute approximate surface area is 196 Å². The van der Waals surface area contributed by atoms with E-state index in [1.54, 1.807) is 0 Å². The van der Waals surface area contributed by atoms with Gasteiger partial charge in [-0.25, -0.2) is 0 Å². The Bertz CT molecular complexity index is 1430. The highest BCUT2D eigenvalue weighted by Gasteiger charge is 2.04. The van der Waals surface area contributed by atoms with Gasteiger partial charge in [0, 0.05) is 0 Å². The molecule has 0 atom stereocenters. The maximum atomic E-state index is 4.24. The molecule has 5 rings (SSSR count). The number of aryl methyl sites for hydroxylation is 1. The Kier molecular flexibility index (Phi) is 5.74. The standard InChI is InChI=1S/C33H26/c1-24-8-12-28(13-9-24)31-20-18-30-19-21-32(23-33(30)22-31)29-16-14-27(15-17-29)25(2)10-11-26-6-4-3-5-7-26/h3-23H,2H2,1H3/b11-10+. The largest absolute Gasteiger partial charge is 0.0912 e. The second-order valence-electron chi connectivity index (χ2n) is 8.49. The van der Waals surface area contributed by atoms with Crippen LogP contribution in [0.15, 0.2) is 128 Å². The van der Waals surface area contributed by atoms with Crippen molar-refractivity contribution in [1.82, 2.24) is 0 Å². The highest BCUT2D eigenvalue weighted by atomic mass is 14.1. The van der Waals surface area contributed by atoms with Gasteiger partial charge in [-0.2, -0.15) is 0 Å². The lowest BCUT2D eigenvalue weighted by Gasteiger charge is -2.08. The minimum absolute atomic E-state index is 1.01. The van der Waals surface area contributed by atoms with Crippen LogP contribution in [0.4, 0.5) is 0 Å². The SMILES string of the molecule is C=C(/C=C/c1ccccc1)c1ccc(-c2ccc3ccc(-c4ccc(C)cc4)cc3c2)cc1. The second-order valence-corrected chi connectivity index (χ2v) is 8.49. The molecule has 0 N–H and O–H groups in total. The number of benzene rings is 5. The number of hydrogen-bond acceptors (Lipinski definition) is 0. The minimum Gasteiger partial charge on any atom is -0.0912 e. The molecule has 0 heteroatoms. The summed E-state index contributed by atoms with van der Waals surface area (Å²) >= 11 is 0. The first-order valence-corrected chi connectivity index (χ1v) is 11.3. The molecule has 0 aliphatic rings. The molecule has 5 aromatic rings. The molecule has 0 saturated carbocycles. The summed E-state index contributed by atoms with van der Waals surface area (Å²) < 4.78 is 0. The van der Waals surface area contributed by atoms with Gasteiger partial charge in [-0.15, -0.1) is 0 Å². The molecule has 0 aliphatic carbocycles. The lowest BCUT2D eigenvalue weighted by Crippen LogP contribution is -1.84. The molecule has 0 spiro atoms. The number of hydrogen-bond donors (Lipinski definition) is 0. The van der Waals surface area contributed by atoms with Crippen molar-refractivity contribution in [3.05, 3.63) is 145 Å². The molecule has 0 radical (unpaired) electrons. The minimum atomic E-state index is 1.01. The first-order valence-electron chi connectivity index (χ1n) is 11.3. The van der Waals surface area contributed by atoms with Crippen LogP contribution in [0.5, 0.6) is 0 Å². The highest BCUT2D eigenvalue weighted by Crippen LogP contribution is 2.29. The fourth-order valence-electron chi connectivity index (χ4n) is 4.09. The normalized spacial score (nSPS) is 11.2. The summed E-state index contributed by atoms with van der Waals surface area (Å²) in [7, 11) is 0. The summed E-state index contributed by atoms with van der Waals surface area (Å²) in [6, 6.07) is 41.1. The maximum absolute atomic E-state index is 4.24. The number of rotatable bonds is 5. The molecule has 0 saturated heterocycles. The molecular formula is C33H26. The van der Waals surface area contributed by atoms with E-state index >= 15 is 0 Å². The smallest absolute Gasteiger partial charge is 0.0172 e. The van der Waals surface area contributed by atoms with Crippen molar-refractivity contribution >= 4 is 22.4 Å². The molecule has 0 bridgehead atoms. The molecule has 5 aromatic carbocycles. The van der Waals surface area contributed by atoms with E-state index < -0.39 is 0 Å². The van der Waals surface area contributed by atoms with E-state index in [-0.39, 0.29) is 0 Å². The zero-order valence-corrected chi connectivity index (χ0v) is 18.8. The number of allylic oxidation sites excluding steroid dienone is 2. The first kappa shape index (κ1) is 20.7. The van der Waals surface area contributed by atoms with Crippen LogP contribution in [0.3, 0.4) is 0 Å². The summed E-state index contributed by atoms with van der Waals surface area (Å²) in [5.41, 5.74) is 9.53. The van der Waals surface area contributed by atoms with Crippen LogP contribution in [0, 0.1) is 6.92 Å². The third-order valence-electron chi connectivity index (χ3n) is 6.09. The average molecular weight is 423 g/mol. The van der Waals surface area contributed by atoms with Gasteiger partial charge in [-0.05, 0) is 68.8 Å². The predicted octanol–water partition coefficient (Wildman–Crippen LogP) is 9.21. The molecule has 0 aliphatic heterocycles. The molecular weight excluding hydrogens is 396 g/mol. The maximum Gasteiger partial charge on any atom is -0.0172 e. The van der Waals surface area contributed by atoms with Crippen molar-refractivity contribution in [2.45, 2.75) is 6.92 Å². The van der Waals surface area contributed by atoms with Crippen molar-refractivity contribution in [3.8, 4) is 22.3 Å². The molecule has 0 amide bonds. The van der Waals surface area contributed by atoms with E-state index in [1.807, 2.05) is 18.2 Å². The first-order chi connectivity index (χ1) is 16.2. The van der Waals surface area contributed by atoms with E-state index in [0.29, 0.717) is 0 Å². The predicted molar refractivity (Wildman–Crippen MR) is 144 cm³/mol. The van der Waals surface area contributed by atoms with E-state index in [4.69, 9.17) is 0 Å². The summed E-state index contributed by atoms with van der Waals surface area (Å²) in [5, 5.41) is 2.51. The van der Waals surface area contributed by atoms with Gasteiger partial charge in [0.05, 0.1) is 0 Å². The Balaban J connectivity index is 1.39. The molecule has 0 unspecified atom stereocenters. The van der Waals surface area contributed by atoms with Crippen molar-refractivity contribution in [1.29, 1.82) is 0 Å². The summed E-state index contributed by atoms with van der Waals surface area (Å²) in [6.07, 6.45) is 4.18. The molecule has 0 nitrogen and oxygen atoms in total. The van der Waals surface area contributed by atoms with Crippen LogP contribution in [0.25, 0.3) is 44.7 Å². The fourth-order valence-corrected chi connectivity index (χ4v) is 4.09. The molecule has 0 aromatic heterocycles. The lowest BCUT2D eigenvalue weighted by atomic mass is 9.96. The van der Waals surface area contributed by atoms with Gasteiger partial charge in [-0.1, -0.05) is 127 Å². The Morgan fingerprint density at radius 1 is 0.576 bits per heavy atom. The highest BCUT2D eigenvalue weighted by molar-refractivity contribution is 5.91. The van der Waals surface area contributed by atoms with Crippen molar-refractivity contribution in [3.63, 3.8) is 0 Å². The van der Waals surface area contributed by atoms with Crippen LogP contribution >= 0.6 is 0 Å². The van der Waals surface area contributed by atoms with Gasteiger partial charge in [0.25, 0.3) is 0 Å². The lowest BCUT2D eigenvalue weighted by molar-refractivity contribution is 1.47. The summed E-state index contributed by atoms with van der Waals surface area (Å²) in [6.45, 7) is 6.36. The van der Waals surface area contributed by atoms with Crippen LogP contribution in [-0.2, 0) is 0 Å². The average Bonchev–Trinajstić information content (AvgIpc) is 2.88. The van der Waals surface area contributed by atoms with Gasteiger partial charge in [0.15, 0.2) is 0 Å². The Hall–Kier alpha value is -4.16. The Morgan fingerprint density at radius 3 is 1.73 bits per heavy atom. The topological polar surface area (TPSA) is 0 Å². The van der Waals surface area contributed by atoms with E-state index in [2.05, 4.69) is 123 Å². The number of fused-ring (bicyclic) bond motifs is 1. The molecule has 33 heavy (non-hydrogen) atoms. The Morgan fingerprint density at radius 2 is 1.12 bits per heavy atom. The van der Waals surface area contributed by atoms with Gasteiger partial charge >= 0.3 is 0 Å². The summed E-state index contributed by atoms with van der Waals surface area (Å²) in [5.74, 6) is 0. The van der Waals surface area contributed by atoms with E-state index in [9.17, 15) is 0 Å². The van der Waals surface area contributed by atoms with Crippen LogP contribution in [0.2, 0.25) is 0 Å². The zero-order valence-electron chi connectivity index (χ0n) is 18.8. The molecule has 0 heterocycles. The van der Waals surface area contributed by atoms with Gasteiger partial charge in [0.2, 0.25) is 0 Å². The van der Waals surface area contributed by atoms with E-state index in [1.165, 1.54) is 44.2 Å². The fraction of sp³-hybridized carbons (Fsp3) is 0.0303. The molecule has 158 valence electrons. The third-order valence-corrected chi connectivity index (χ3v) is 6.09. The quantitative estimate of drug-likeness (QED) is 0.248.